The van der Waals surface area contributed by atoms with Crippen LogP contribution in [0.2, 0.25) is 0 Å². The molecule has 0 aliphatic carbocycles. The summed E-state index contributed by atoms with van der Waals surface area (Å²) in [7, 11) is 0. The van der Waals surface area contributed by atoms with Crippen LogP contribution in [-0.4, -0.2) is 5.88 Å². The molecule has 0 N–H and O–H groups in total. The Balaban J connectivity index is 2.26. The van der Waals surface area contributed by atoms with Crippen molar-refractivity contribution in [3.05, 3.63) is 70.3 Å². The molecule has 0 bridgehead atoms. The maximum Gasteiger partial charge on any atom is 0.0295 e. The highest BCUT2D eigenvalue weighted by Crippen LogP contribution is 2.26. The summed E-state index contributed by atoms with van der Waals surface area (Å²) in [6, 6.07) is 15.2. The van der Waals surface area contributed by atoms with Gasteiger partial charge in [0.05, 0.1) is 0 Å². The van der Waals surface area contributed by atoms with Crippen LogP contribution in [0.25, 0.3) is 0 Å². The van der Waals surface area contributed by atoms with Crippen molar-refractivity contribution in [2.24, 2.45) is 0 Å². The maximum atomic E-state index is 6.20. The predicted octanol–water partition coefficient (Wildman–Crippen LogP) is 5.18. The van der Waals surface area contributed by atoms with E-state index in [1.165, 1.54) is 27.8 Å². The van der Waals surface area contributed by atoms with Gasteiger partial charge in [0, 0.05) is 11.8 Å². The van der Waals surface area contributed by atoms with E-state index in [-0.39, 0.29) is 0 Å². The number of benzene rings is 2. The monoisotopic (exact) mass is 272 g/mol. The lowest BCUT2D eigenvalue weighted by molar-refractivity contribution is 0.758. The lowest BCUT2D eigenvalue weighted by Gasteiger charge is -2.18. The first-order valence-corrected chi connectivity index (χ1v) is 7.33. The molecule has 0 amide bonds. The summed E-state index contributed by atoms with van der Waals surface area (Å²) in [5, 5.41) is 0. The Morgan fingerprint density at radius 3 is 2.00 bits per heavy atom. The van der Waals surface area contributed by atoms with E-state index in [1.807, 2.05) is 0 Å². The molecule has 2 rings (SSSR count). The Hall–Kier alpha value is -1.27. The van der Waals surface area contributed by atoms with E-state index in [0.717, 1.165) is 6.42 Å². The second-order valence-electron chi connectivity index (χ2n) is 5.34. The first-order chi connectivity index (χ1) is 9.11. The topological polar surface area (TPSA) is 0 Å². The second-order valence-corrected chi connectivity index (χ2v) is 5.65. The van der Waals surface area contributed by atoms with E-state index >= 15 is 0 Å². The summed E-state index contributed by atoms with van der Waals surface area (Å²) in [4.78, 5) is 0. The summed E-state index contributed by atoms with van der Waals surface area (Å²) >= 11 is 6.20. The quantitative estimate of drug-likeness (QED) is 0.673. The van der Waals surface area contributed by atoms with Crippen LogP contribution < -0.4 is 0 Å². The van der Waals surface area contributed by atoms with Gasteiger partial charge in [-0.25, -0.2) is 0 Å². The maximum absolute atomic E-state index is 6.20. The third kappa shape index (κ3) is 3.39. The van der Waals surface area contributed by atoms with Crippen molar-refractivity contribution in [1.29, 1.82) is 0 Å². The van der Waals surface area contributed by atoms with Crippen LogP contribution >= 0.6 is 11.6 Å². The fraction of sp³-hybridized carbons (Fsp3) is 0.333. The van der Waals surface area contributed by atoms with Gasteiger partial charge in [-0.05, 0) is 49.4 Å². The van der Waals surface area contributed by atoms with Crippen LogP contribution in [0.4, 0.5) is 0 Å². The molecule has 100 valence electrons. The van der Waals surface area contributed by atoms with Crippen LogP contribution in [0.15, 0.2) is 42.5 Å². The van der Waals surface area contributed by atoms with Gasteiger partial charge in [0.25, 0.3) is 0 Å². The van der Waals surface area contributed by atoms with E-state index < -0.39 is 0 Å². The first-order valence-electron chi connectivity index (χ1n) is 6.79. The molecule has 2 aromatic rings. The van der Waals surface area contributed by atoms with Crippen molar-refractivity contribution < 1.29 is 0 Å². The zero-order chi connectivity index (χ0) is 13.8. The van der Waals surface area contributed by atoms with Crippen LogP contribution in [-0.2, 0) is 6.42 Å². The zero-order valence-corrected chi connectivity index (χ0v) is 12.7. The third-order valence-corrected chi connectivity index (χ3v) is 4.20. The lowest BCUT2D eigenvalue weighted by Crippen LogP contribution is -2.07. The van der Waals surface area contributed by atoms with Crippen molar-refractivity contribution in [1.82, 2.24) is 0 Å². The average Bonchev–Trinajstić information content (AvgIpc) is 2.40. The van der Waals surface area contributed by atoms with Gasteiger partial charge in [0.2, 0.25) is 0 Å². The molecular formula is C18H21Cl. The number of rotatable bonds is 4. The first kappa shape index (κ1) is 14.1. The molecule has 0 aliphatic heterocycles. The van der Waals surface area contributed by atoms with Gasteiger partial charge >= 0.3 is 0 Å². The van der Waals surface area contributed by atoms with Gasteiger partial charge in [-0.2, -0.15) is 0 Å². The van der Waals surface area contributed by atoms with Crippen molar-refractivity contribution in [3.8, 4) is 0 Å². The minimum absolute atomic E-state index is 0.391. The van der Waals surface area contributed by atoms with Gasteiger partial charge in [-0.3, -0.25) is 0 Å². The smallest absolute Gasteiger partial charge is 0.0295 e. The molecule has 1 atom stereocenters. The molecule has 0 heterocycles. The molecule has 0 fully saturated rings. The fourth-order valence-corrected chi connectivity index (χ4v) is 2.80. The highest BCUT2D eigenvalue weighted by atomic mass is 35.5. The molecule has 2 aromatic carbocycles. The third-order valence-electron chi connectivity index (χ3n) is 3.83. The van der Waals surface area contributed by atoms with Gasteiger partial charge < -0.3 is 0 Å². The normalized spacial score (nSPS) is 12.4. The van der Waals surface area contributed by atoms with Crippen LogP contribution in [0.1, 0.15) is 33.7 Å². The number of aryl methyl sites for hydroxylation is 3. The molecule has 0 aromatic heterocycles. The minimum Gasteiger partial charge on any atom is -0.126 e. The molecule has 0 radical (unpaired) electrons. The summed E-state index contributed by atoms with van der Waals surface area (Å²) < 4.78 is 0. The van der Waals surface area contributed by atoms with Crippen molar-refractivity contribution in [2.45, 2.75) is 33.1 Å². The van der Waals surface area contributed by atoms with E-state index in [9.17, 15) is 0 Å². The average molecular weight is 273 g/mol. The molecular weight excluding hydrogens is 252 g/mol. The highest BCUT2D eigenvalue weighted by Gasteiger charge is 2.13. The zero-order valence-electron chi connectivity index (χ0n) is 11.9. The van der Waals surface area contributed by atoms with Crippen LogP contribution in [0, 0.1) is 20.8 Å². The van der Waals surface area contributed by atoms with Gasteiger partial charge in [-0.1, -0.05) is 48.0 Å². The Morgan fingerprint density at radius 2 is 1.47 bits per heavy atom. The highest BCUT2D eigenvalue weighted by molar-refractivity contribution is 6.18. The van der Waals surface area contributed by atoms with E-state index in [0.29, 0.717) is 11.8 Å². The van der Waals surface area contributed by atoms with Crippen LogP contribution in [0.3, 0.4) is 0 Å². The second kappa shape index (κ2) is 6.25. The Morgan fingerprint density at radius 1 is 0.895 bits per heavy atom. The molecule has 19 heavy (non-hydrogen) atoms. The Kier molecular flexibility index (Phi) is 4.66. The number of halogens is 1. The molecule has 0 nitrogen and oxygen atoms in total. The molecule has 0 saturated heterocycles. The summed E-state index contributed by atoms with van der Waals surface area (Å²) in [6.45, 7) is 6.48. The molecule has 0 saturated carbocycles. The number of hydrogen-bond donors (Lipinski definition) is 0. The minimum atomic E-state index is 0.391. The van der Waals surface area contributed by atoms with Gasteiger partial charge in [0.15, 0.2) is 0 Å². The number of alkyl halides is 1. The molecule has 1 heteroatoms. The number of hydrogen-bond acceptors (Lipinski definition) is 0. The molecule has 0 aliphatic rings. The lowest BCUT2D eigenvalue weighted by atomic mass is 9.89. The standard InChI is InChI=1S/C18H21Cl/c1-13-7-9-16(10-8-13)17(12-19)11-18-14(2)5-4-6-15(18)3/h4-10,17H,11-12H2,1-3H3. The van der Waals surface area contributed by atoms with Crippen molar-refractivity contribution >= 4 is 11.6 Å². The van der Waals surface area contributed by atoms with Gasteiger partial charge in [-0.15, -0.1) is 11.6 Å². The summed E-state index contributed by atoms with van der Waals surface area (Å²) in [5.41, 5.74) is 6.80. The molecule has 0 spiro atoms. The SMILES string of the molecule is Cc1ccc(C(CCl)Cc2c(C)cccc2C)cc1. The summed E-state index contributed by atoms with van der Waals surface area (Å²) in [5.74, 6) is 1.05. The fourth-order valence-electron chi connectivity index (χ4n) is 2.52. The Bertz CT molecular complexity index is 520. The van der Waals surface area contributed by atoms with Gasteiger partial charge in [0.1, 0.15) is 0 Å². The van der Waals surface area contributed by atoms with Crippen molar-refractivity contribution in [3.63, 3.8) is 0 Å². The molecule has 1 unspecified atom stereocenters. The van der Waals surface area contributed by atoms with Crippen molar-refractivity contribution in [2.75, 3.05) is 5.88 Å². The van der Waals surface area contributed by atoms with Crippen LogP contribution in [0.5, 0.6) is 0 Å². The largest absolute Gasteiger partial charge is 0.126 e. The van der Waals surface area contributed by atoms with E-state index in [2.05, 4.69) is 63.2 Å². The van der Waals surface area contributed by atoms with E-state index in [4.69, 9.17) is 11.6 Å². The van der Waals surface area contributed by atoms with E-state index in [1.54, 1.807) is 0 Å². The predicted molar refractivity (Wildman–Crippen MR) is 84.3 cm³/mol. The summed E-state index contributed by atoms with van der Waals surface area (Å²) in [6.07, 6.45) is 1.02. The Labute approximate surface area is 121 Å².